The van der Waals surface area contributed by atoms with Gasteiger partial charge in [-0.15, -0.1) is 0 Å². The molecule has 1 N–H and O–H groups in total. The highest BCUT2D eigenvalue weighted by Gasteiger charge is 2.23. The fraction of sp³-hybridized carbons (Fsp3) is 0.278. The molecule has 0 atom stereocenters. The van der Waals surface area contributed by atoms with Gasteiger partial charge in [0.2, 0.25) is 0 Å². The van der Waals surface area contributed by atoms with Crippen LogP contribution in [0.4, 0.5) is 11.4 Å². The molecule has 1 heterocycles. The third-order valence-corrected chi connectivity index (χ3v) is 4.03. The summed E-state index contributed by atoms with van der Waals surface area (Å²) in [5.41, 5.74) is 3.77. The molecular weight excluding hydrogens is 338 g/mol. The second-order valence-electron chi connectivity index (χ2n) is 5.77. The summed E-state index contributed by atoms with van der Waals surface area (Å²) in [4.78, 5) is 30.2. The molecule has 1 aliphatic heterocycles. The molecule has 0 saturated carbocycles. The van der Waals surface area contributed by atoms with Crippen LogP contribution in [0.5, 0.6) is 0 Å². The van der Waals surface area contributed by atoms with E-state index in [2.05, 4.69) is 5.48 Å². The van der Waals surface area contributed by atoms with Crippen molar-refractivity contribution in [3.63, 3.8) is 0 Å². The number of benzene rings is 2. The van der Waals surface area contributed by atoms with E-state index in [4.69, 9.17) is 9.57 Å². The lowest BCUT2D eigenvalue weighted by molar-refractivity contribution is -0.384. The van der Waals surface area contributed by atoms with Gasteiger partial charge in [-0.25, -0.2) is 5.48 Å². The molecule has 1 amide bonds. The summed E-state index contributed by atoms with van der Waals surface area (Å²) in [7, 11) is 0. The molecule has 3 rings (SSSR count). The lowest BCUT2D eigenvalue weighted by Gasteiger charge is -2.28. The molecule has 8 nitrogen and oxygen atoms in total. The van der Waals surface area contributed by atoms with Gasteiger partial charge in [-0.2, -0.15) is 0 Å². The largest absolute Gasteiger partial charge is 0.378 e. The zero-order valence-electron chi connectivity index (χ0n) is 14.1. The Balaban J connectivity index is 1.68. The number of rotatable bonds is 6. The normalized spacial score (nSPS) is 14.1. The SMILES string of the molecule is O=C(NOCc1ccccc1)c1ccc(N2CCOCC2)c([N+](=O)[O-])c1. The van der Waals surface area contributed by atoms with Crippen LogP contribution in [0.3, 0.4) is 0 Å². The number of nitrogens with one attached hydrogen (secondary N) is 1. The van der Waals surface area contributed by atoms with Crippen molar-refractivity contribution in [3.8, 4) is 0 Å². The van der Waals surface area contributed by atoms with E-state index in [1.165, 1.54) is 6.07 Å². The fourth-order valence-corrected chi connectivity index (χ4v) is 2.70. The summed E-state index contributed by atoms with van der Waals surface area (Å²) in [6.07, 6.45) is 0. The minimum absolute atomic E-state index is 0.109. The number of nitrogens with zero attached hydrogens (tertiary/aromatic N) is 2. The summed E-state index contributed by atoms with van der Waals surface area (Å²) in [6.45, 7) is 2.40. The van der Waals surface area contributed by atoms with E-state index in [0.29, 0.717) is 32.0 Å². The number of morpholine rings is 1. The summed E-state index contributed by atoms with van der Waals surface area (Å²) in [6, 6.07) is 13.8. The molecule has 0 spiro atoms. The Labute approximate surface area is 150 Å². The first-order chi connectivity index (χ1) is 12.6. The van der Waals surface area contributed by atoms with E-state index in [-0.39, 0.29) is 17.9 Å². The number of carbonyl (C=O) groups is 1. The molecule has 0 aliphatic carbocycles. The van der Waals surface area contributed by atoms with Crippen LogP contribution in [-0.4, -0.2) is 37.1 Å². The minimum atomic E-state index is -0.530. The number of carbonyl (C=O) groups excluding carboxylic acids is 1. The highest BCUT2D eigenvalue weighted by Crippen LogP contribution is 2.29. The van der Waals surface area contributed by atoms with E-state index >= 15 is 0 Å². The van der Waals surface area contributed by atoms with Crippen LogP contribution in [0.15, 0.2) is 48.5 Å². The van der Waals surface area contributed by atoms with E-state index in [1.54, 1.807) is 12.1 Å². The molecule has 0 unspecified atom stereocenters. The van der Waals surface area contributed by atoms with Crippen LogP contribution >= 0.6 is 0 Å². The van der Waals surface area contributed by atoms with Crippen molar-refractivity contribution in [3.05, 3.63) is 69.8 Å². The molecule has 2 aromatic rings. The van der Waals surface area contributed by atoms with Crippen molar-refractivity contribution in [2.24, 2.45) is 0 Å². The Morgan fingerprint density at radius 2 is 1.92 bits per heavy atom. The third kappa shape index (κ3) is 4.35. The second-order valence-corrected chi connectivity index (χ2v) is 5.77. The average molecular weight is 357 g/mol. The summed E-state index contributed by atoms with van der Waals surface area (Å²) >= 11 is 0. The third-order valence-electron chi connectivity index (χ3n) is 4.03. The van der Waals surface area contributed by atoms with Crippen molar-refractivity contribution in [2.45, 2.75) is 6.61 Å². The standard InChI is InChI=1S/C18H19N3O5/c22-18(19-26-13-14-4-2-1-3-5-14)15-6-7-16(17(12-15)21(23)24)20-8-10-25-11-9-20/h1-7,12H,8-11,13H2,(H,19,22). The number of nitro groups is 1. The molecule has 26 heavy (non-hydrogen) atoms. The molecule has 1 aliphatic rings. The Hall–Kier alpha value is -2.97. The van der Waals surface area contributed by atoms with Crippen molar-refractivity contribution in [1.29, 1.82) is 0 Å². The maximum Gasteiger partial charge on any atom is 0.293 e. The van der Waals surface area contributed by atoms with Crippen molar-refractivity contribution < 1.29 is 19.3 Å². The summed E-state index contributed by atoms with van der Waals surface area (Å²) in [5, 5.41) is 11.4. The van der Waals surface area contributed by atoms with Gasteiger partial charge in [0, 0.05) is 24.7 Å². The number of hydrogen-bond acceptors (Lipinski definition) is 6. The zero-order chi connectivity index (χ0) is 18.4. The second kappa shape index (κ2) is 8.41. The van der Waals surface area contributed by atoms with Crippen molar-refractivity contribution >= 4 is 17.3 Å². The van der Waals surface area contributed by atoms with Crippen LogP contribution < -0.4 is 10.4 Å². The van der Waals surface area contributed by atoms with Crippen LogP contribution in [0, 0.1) is 10.1 Å². The molecular formula is C18H19N3O5. The first-order valence-electron chi connectivity index (χ1n) is 8.22. The van der Waals surface area contributed by atoms with Crippen molar-refractivity contribution in [1.82, 2.24) is 5.48 Å². The molecule has 8 heteroatoms. The van der Waals surface area contributed by atoms with Gasteiger partial charge in [0.25, 0.3) is 11.6 Å². The highest BCUT2D eigenvalue weighted by molar-refractivity contribution is 5.95. The number of hydrogen-bond donors (Lipinski definition) is 1. The first-order valence-corrected chi connectivity index (χ1v) is 8.22. The molecule has 1 fully saturated rings. The first kappa shape index (κ1) is 17.8. The number of ether oxygens (including phenoxy) is 1. The average Bonchev–Trinajstić information content (AvgIpc) is 2.69. The molecule has 0 aromatic heterocycles. The van der Waals surface area contributed by atoms with E-state index in [9.17, 15) is 14.9 Å². The van der Waals surface area contributed by atoms with Gasteiger partial charge in [0.15, 0.2) is 0 Å². The Morgan fingerprint density at radius 3 is 2.62 bits per heavy atom. The number of hydroxylamine groups is 1. The van der Waals surface area contributed by atoms with Gasteiger partial charge in [0.05, 0.1) is 24.7 Å². The lowest BCUT2D eigenvalue weighted by atomic mass is 10.1. The summed E-state index contributed by atoms with van der Waals surface area (Å²) in [5.74, 6) is -0.530. The minimum Gasteiger partial charge on any atom is -0.378 e. The fourth-order valence-electron chi connectivity index (χ4n) is 2.70. The van der Waals surface area contributed by atoms with E-state index in [0.717, 1.165) is 5.56 Å². The zero-order valence-corrected chi connectivity index (χ0v) is 14.1. The van der Waals surface area contributed by atoms with Gasteiger partial charge >= 0.3 is 0 Å². The van der Waals surface area contributed by atoms with Crippen molar-refractivity contribution in [2.75, 3.05) is 31.2 Å². The van der Waals surface area contributed by atoms with E-state index < -0.39 is 10.8 Å². The molecule has 2 aromatic carbocycles. The predicted molar refractivity (Wildman–Crippen MR) is 94.8 cm³/mol. The molecule has 0 bridgehead atoms. The highest BCUT2D eigenvalue weighted by atomic mass is 16.7. The Bertz CT molecular complexity index is 776. The number of amides is 1. The molecule has 1 saturated heterocycles. The summed E-state index contributed by atoms with van der Waals surface area (Å²) < 4.78 is 5.27. The van der Waals surface area contributed by atoms with Gasteiger partial charge in [0.1, 0.15) is 5.69 Å². The van der Waals surface area contributed by atoms with Gasteiger partial charge in [-0.1, -0.05) is 30.3 Å². The topological polar surface area (TPSA) is 93.9 Å². The Kier molecular flexibility index (Phi) is 5.77. The van der Waals surface area contributed by atoms with E-state index in [1.807, 2.05) is 35.2 Å². The molecule has 136 valence electrons. The van der Waals surface area contributed by atoms with Crippen LogP contribution in [-0.2, 0) is 16.2 Å². The number of anilines is 1. The monoisotopic (exact) mass is 357 g/mol. The quantitative estimate of drug-likeness (QED) is 0.630. The maximum atomic E-state index is 12.2. The lowest BCUT2D eigenvalue weighted by Crippen LogP contribution is -2.36. The molecule has 0 radical (unpaired) electrons. The Morgan fingerprint density at radius 1 is 1.19 bits per heavy atom. The van der Waals surface area contributed by atoms with Crippen LogP contribution in [0.1, 0.15) is 15.9 Å². The maximum absolute atomic E-state index is 12.2. The van der Waals surface area contributed by atoms with Crippen LogP contribution in [0.2, 0.25) is 0 Å². The van der Waals surface area contributed by atoms with Crippen LogP contribution in [0.25, 0.3) is 0 Å². The van der Waals surface area contributed by atoms with Gasteiger partial charge in [-0.3, -0.25) is 19.7 Å². The van der Waals surface area contributed by atoms with Gasteiger partial charge in [-0.05, 0) is 17.7 Å². The van der Waals surface area contributed by atoms with Gasteiger partial charge < -0.3 is 9.64 Å². The smallest absolute Gasteiger partial charge is 0.293 e. The number of nitro benzene ring substituents is 1. The predicted octanol–water partition coefficient (Wildman–Crippen LogP) is 2.29.